The zero-order valence-electron chi connectivity index (χ0n) is 13.0. The number of carbonyl (C=O) groups excluding carboxylic acids is 1. The van der Waals surface area contributed by atoms with E-state index in [0.29, 0.717) is 11.1 Å². The fourth-order valence-corrected chi connectivity index (χ4v) is 3.16. The van der Waals surface area contributed by atoms with Gasteiger partial charge in [-0.3, -0.25) is 4.79 Å². The number of thiophene rings is 1. The number of amides is 1. The summed E-state index contributed by atoms with van der Waals surface area (Å²) in [6.45, 7) is 4.54. The molecule has 23 heavy (non-hydrogen) atoms. The number of rotatable bonds is 5. The Balaban J connectivity index is 1.73. The zero-order valence-corrected chi connectivity index (χ0v) is 13.8. The Labute approximate surface area is 137 Å². The third kappa shape index (κ3) is 3.11. The summed E-state index contributed by atoms with van der Waals surface area (Å²) in [6, 6.07) is 7.15. The third-order valence-electron chi connectivity index (χ3n) is 3.81. The Morgan fingerprint density at radius 1 is 1.43 bits per heavy atom. The van der Waals surface area contributed by atoms with Crippen molar-refractivity contribution in [2.75, 3.05) is 6.54 Å². The number of carbonyl (C=O) groups is 1. The van der Waals surface area contributed by atoms with Crippen molar-refractivity contribution in [3.8, 4) is 0 Å². The van der Waals surface area contributed by atoms with E-state index in [4.69, 9.17) is 0 Å². The van der Waals surface area contributed by atoms with Crippen LogP contribution in [-0.2, 0) is 12.1 Å². The highest BCUT2D eigenvalue weighted by Crippen LogP contribution is 2.22. The van der Waals surface area contributed by atoms with Gasteiger partial charge in [-0.15, -0.1) is 5.10 Å². The van der Waals surface area contributed by atoms with Gasteiger partial charge in [-0.25, -0.2) is 4.68 Å². The first-order valence-corrected chi connectivity index (χ1v) is 8.32. The summed E-state index contributed by atoms with van der Waals surface area (Å²) in [4.78, 5) is 12.3. The standard InChI is InChI=1S/C16H18N4O2S/c1-3-20-14-5-4-11(8-13(14)18-19-20)15(21)17-10-16(2,22)12-6-7-23-9-12/h4-9,22H,3,10H2,1-2H3,(H,17,21). The molecule has 0 saturated heterocycles. The highest BCUT2D eigenvalue weighted by Gasteiger charge is 2.24. The Bertz CT molecular complexity index is 824. The molecular formula is C16H18N4O2S. The number of nitrogens with one attached hydrogen (secondary N) is 1. The lowest BCUT2D eigenvalue weighted by atomic mass is 9.99. The minimum Gasteiger partial charge on any atom is -0.384 e. The van der Waals surface area contributed by atoms with E-state index >= 15 is 0 Å². The molecule has 6 nitrogen and oxygen atoms in total. The van der Waals surface area contributed by atoms with E-state index in [-0.39, 0.29) is 12.5 Å². The van der Waals surface area contributed by atoms with Crippen LogP contribution in [0.15, 0.2) is 35.0 Å². The molecule has 2 heterocycles. The smallest absolute Gasteiger partial charge is 0.251 e. The Morgan fingerprint density at radius 2 is 2.26 bits per heavy atom. The van der Waals surface area contributed by atoms with E-state index < -0.39 is 5.60 Å². The SMILES string of the molecule is CCn1nnc2cc(C(=O)NCC(C)(O)c3ccsc3)ccc21. The molecule has 0 aliphatic carbocycles. The average Bonchev–Trinajstić information content (AvgIpc) is 3.21. The fraction of sp³-hybridized carbons (Fsp3) is 0.312. The van der Waals surface area contributed by atoms with Crippen LogP contribution in [0.4, 0.5) is 0 Å². The topological polar surface area (TPSA) is 80.0 Å². The van der Waals surface area contributed by atoms with Crippen LogP contribution in [0.1, 0.15) is 29.8 Å². The molecule has 0 radical (unpaired) electrons. The van der Waals surface area contributed by atoms with Crippen LogP contribution in [0, 0.1) is 0 Å². The van der Waals surface area contributed by atoms with Crippen LogP contribution in [0.5, 0.6) is 0 Å². The first-order valence-electron chi connectivity index (χ1n) is 7.38. The molecule has 1 unspecified atom stereocenters. The second kappa shape index (κ2) is 6.10. The molecule has 1 amide bonds. The lowest BCUT2D eigenvalue weighted by Gasteiger charge is -2.22. The molecule has 3 rings (SSSR count). The number of aromatic nitrogens is 3. The summed E-state index contributed by atoms with van der Waals surface area (Å²) in [5.74, 6) is -0.242. The Hall–Kier alpha value is -2.25. The van der Waals surface area contributed by atoms with E-state index in [1.807, 2.05) is 29.8 Å². The van der Waals surface area contributed by atoms with Crippen LogP contribution < -0.4 is 5.32 Å². The maximum Gasteiger partial charge on any atom is 0.251 e. The molecule has 7 heteroatoms. The summed E-state index contributed by atoms with van der Waals surface area (Å²) in [7, 11) is 0. The predicted molar refractivity (Wildman–Crippen MR) is 89.4 cm³/mol. The van der Waals surface area contributed by atoms with Gasteiger partial charge in [0.25, 0.3) is 5.91 Å². The van der Waals surface area contributed by atoms with E-state index in [1.54, 1.807) is 23.7 Å². The highest BCUT2D eigenvalue weighted by molar-refractivity contribution is 7.08. The number of fused-ring (bicyclic) bond motifs is 1. The van der Waals surface area contributed by atoms with Crippen LogP contribution >= 0.6 is 11.3 Å². The molecule has 1 aromatic carbocycles. The summed E-state index contributed by atoms with van der Waals surface area (Å²) in [5, 5.41) is 25.1. The van der Waals surface area contributed by atoms with Crippen molar-refractivity contribution in [3.63, 3.8) is 0 Å². The van der Waals surface area contributed by atoms with Crippen molar-refractivity contribution in [3.05, 3.63) is 46.2 Å². The molecule has 2 N–H and O–H groups in total. The van der Waals surface area contributed by atoms with Crippen molar-refractivity contribution in [2.45, 2.75) is 26.0 Å². The third-order valence-corrected chi connectivity index (χ3v) is 4.50. The number of aryl methyl sites for hydroxylation is 1. The van der Waals surface area contributed by atoms with Gasteiger partial charge in [0.2, 0.25) is 0 Å². The van der Waals surface area contributed by atoms with Gasteiger partial charge in [-0.05, 0) is 54.4 Å². The molecule has 3 aromatic rings. The van der Waals surface area contributed by atoms with Gasteiger partial charge in [-0.2, -0.15) is 11.3 Å². The summed E-state index contributed by atoms with van der Waals surface area (Å²) < 4.78 is 1.78. The van der Waals surface area contributed by atoms with Gasteiger partial charge in [0.1, 0.15) is 11.1 Å². The van der Waals surface area contributed by atoms with Crippen LogP contribution in [0.2, 0.25) is 0 Å². The van der Waals surface area contributed by atoms with Gasteiger partial charge in [0, 0.05) is 12.1 Å². The van der Waals surface area contributed by atoms with E-state index in [0.717, 1.165) is 17.6 Å². The Kier molecular flexibility index (Phi) is 4.14. The molecule has 2 aromatic heterocycles. The van der Waals surface area contributed by atoms with Gasteiger partial charge in [0.15, 0.2) is 0 Å². The molecule has 0 spiro atoms. The van der Waals surface area contributed by atoms with Crippen molar-refractivity contribution >= 4 is 28.3 Å². The summed E-state index contributed by atoms with van der Waals surface area (Å²) in [6.07, 6.45) is 0. The van der Waals surface area contributed by atoms with Crippen molar-refractivity contribution in [1.82, 2.24) is 20.3 Å². The molecular weight excluding hydrogens is 312 g/mol. The number of hydrogen-bond acceptors (Lipinski definition) is 5. The number of hydrogen-bond donors (Lipinski definition) is 2. The molecule has 0 aliphatic rings. The van der Waals surface area contributed by atoms with E-state index in [9.17, 15) is 9.90 Å². The Morgan fingerprint density at radius 3 is 2.96 bits per heavy atom. The average molecular weight is 330 g/mol. The molecule has 0 saturated carbocycles. The van der Waals surface area contributed by atoms with Crippen molar-refractivity contribution in [1.29, 1.82) is 0 Å². The summed E-state index contributed by atoms with van der Waals surface area (Å²) >= 11 is 1.51. The molecule has 0 aliphatic heterocycles. The van der Waals surface area contributed by atoms with Crippen LogP contribution in [0.25, 0.3) is 11.0 Å². The summed E-state index contributed by atoms with van der Waals surface area (Å²) in [5.41, 5.74) is 1.79. The normalized spacial score (nSPS) is 13.9. The fourth-order valence-electron chi connectivity index (χ4n) is 2.37. The van der Waals surface area contributed by atoms with Gasteiger partial charge >= 0.3 is 0 Å². The van der Waals surface area contributed by atoms with Gasteiger partial charge in [0.05, 0.1) is 12.1 Å². The largest absolute Gasteiger partial charge is 0.384 e. The highest BCUT2D eigenvalue weighted by atomic mass is 32.1. The van der Waals surface area contributed by atoms with Crippen molar-refractivity contribution in [2.24, 2.45) is 0 Å². The predicted octanol–water partition coefficient (Wildman–Crippen LogP) is 2.15. The number of benzene rings is 1. The van der Waals surface area contributed by atoms with Crippen LogP contribution in [-0.4, -0.2) is 32.6 Å². The second-order valence-electron chi connectivity index (χ2n) is 5.58. The monoisotopic (exact) mass is 330 g/mol. The lowest BCUT2D eigenvalue weighted by molar-refractivity contribution is 0.0530. The zero-order chi connectivity index (χ0) is 16.4. The minimum atomic E-state index is -1.09. The molecule has 0 bridgehead atoms. The molecule has 120 valence electrons. The first kappa shape index (κ1) is 15.6. The number of nitrogens with zero attached hydrogens (tertiary/aromatic N) is 3. The molecule has 0 fully saturated rings. The van der Waals surface area contributed by atoms with Crippen LogP contribution in [0.3, 0.4) is 0 Å². The van der Waals surface area contributed by atoms with Gasteiger partial charge < -0.3 is 10.4 Å². The van der Waals surface area contributed by atoms with Crippen molar-refractivity contribution < 1.29 is 9.90 Å². The van der Waals surface area contributed by atoms with E-state index in [1.165, 1.54) is 11.3 Å². The minimum absolute atomic E-state index is 0.141. The lowest BCUT2D eigenvalue weighted by Crippen LogP contribution is -2.38. The maximum atomic E-state index is 12.3. The van der Waals surface area contributed by atoms with Gasteiger partial charge in [-0.1, -0.05) is 5.21 Å². The number of aliphatic hydroxyl groups is 1. The second-order valence-corrected chi connectivity index (χ2v) is 6.36. The first-order chi connectivity index (χ1) is 11.0. The maximum absolute atomic E-state index is 12.3. The molecule has 1 atom stereocenters. The van der Waals surface area contributed by atoms with E-state index in [2.05, 4.69) is 15.6 Å². The quantitative estimate of drug-likeness (QED) is 0.751.